The van der Waals surface area contributed by atoms with E-state index < -0.39 is 0 Å². The van der Waals surface area contributed by atoms with Crippen molar-refractivity contribution < 1.29 is 9.32 Å². The third-order valence-corrected chi connectivity index (χ3v) is 4.51. The second-order valence-electron chi connectivity index (χ2n) is 6.70. The minimum Gasteiger partial charge on any atom is -0.355 e. The lowest BCUT2D eigenvalue weighted by molar-refractivity contribution is -0.121. The van der Waals surface area contributed by atoms with Gasteiger partial charge in [-0.1, -0.05) is 37.8 Å². The fraction of sp³-hybridized carbons (Fsp3) is 0.833. The zero-order valence-electron chi connectivity index (χ0n) is 15.0. The van der Waals surface area contributed by atoms with Gasteiger partial charge in [-0.25, -0.2) is 0 Å². The van der Waals surface area contributed by atoms with E-state index in [-0.39, 0.29) is 5.91 Å². The van der Waals surface area contributed by atoms with Crippen molar-refractivity contribution in [2.75, 3.05) is 13.1 Å². The molecule has 1 heterocycles. The van der Waals surface area contributed by atoms with Crippen molar-refractivity contribution in [3.05, 3.63) is 11.7 Å². The zero-order chi connectivity index (χ0) is 17.0. The molecule has 1 aromatic heterocycles. The number of rotatable bonds is 10. The van der Waals surface area contributed by atoms with Crippen molar-refractivity contribution in [3.8, 4) is 0 Å². The molecule has 0 radical (unpaired) electrons. The first-order chi connectivity index (χ1) is 11.8. The molecule has 0 unspecified atom stereocenters. The first-order valence-electron chi connectivity index (χ1n) is 9.59. The SMILES string of the molecule is CCCc1noc(CCCC(=O)NCCNC2CCCCCC2)n1. The molecule has 0 spiro atoms. The summed E-state index contributed by atoms with van der Waals surface area (Å²) in [4.78, 5) is 16.2. The maximum Gasteiger partial charge on any atom is 0.226 e. The summed E-state index contributed by atoms with van der Waals surface area (Å²) < 4.78 is 5.17. The maximum atomic E-state index is 11.8. The summed E-state index contributed by atoms with van der Waals surface area (Å²) in [6, 6.07) is 0.638. The number of carbonyl (C=O) groups is 1. The van der Waals surface area contributed by atoms with Gasteiger partial charge in [0.15, 0.2) is 5.82 Å². The van der Waals surface area contributed by atoms with E-state index in [1.165, 1.54) is 38.5 Å². The number of hydrogen-bond donors (Lipinski definition) is 2. The Morgan fingerprint density at radius 3 is 2.71 bits per heavy atom. The second kappa shape index (κ2) is 11.2. The highest BCUT2D eigenvalue weighted by Crippen LogP contribution is 2.16. The van der Waals surface area contributed by atoms with Gasteiger partial charge in [-0.05, 0) is 25.7 Å². The highest BCUT2D eigenvalue weighted by Gasteiger charge is 2.11. The fourth-order valence-corrected chi connectivity index (χ4v) is 3.17. The van der Waals surface area contributed by atoms with Crippen LogP contribution in [0.25, 0.3) is 0 Å². The predicted octanol–water partition coefficient (Wildman–Crippen LogP) is 2.77. The maximum absolute atomic E-state index is 11.8. The minimum atomic E-state index is 0.103. The molecule has 0 saturated heterocycles. The average Bonchev–Trinajstić information content (AvgIpc) is 2.85. The largest absolute Gasteiger partial charge is 0.355 e. The van der Waals surface area contributed by atoms with Crippen molar-refractivity contribution in [1.29, 1.82) is 0 Å². The van der Waals surface area contributed by atoms with Crippen LogP contribution >= 0.6 is 0 Å². The Balaban J connectivity index is 1.50. The van der Waals surface area contributed by atoms with Crippen LogP contribution in [0.15, 0.2) is 4.52 Å². The lowest BCUT2D eigenvalue weighted by Gasteiger charge is -2.16. The first kappa shape index (κ1) is 18.9. The van der Waals surface area contributed by atoms with E-state index >= 15 is 0 Å². The number of aromatic nitrogens is 2. The number of aryl methyl sites for hydroxylation is 2. The van der Waals surface area contributed by atoms with Crippen LogP contribution < -0.4 is 10.6 Å². The summed E-state index contributed by atoms with van der Waals surface area (Å²) in [7, 11) is 0. The molecule has 136 valence electrons. The number of hydrogen-bond acceptors (Lipinski definition) is 5. The molecule has 1 fully saturated rings. The van der Waals surface area contributed by atoms with Crippen molar-refractivity contribution in [3.63, 3.8) is 0 Å². The predicted molar refractivity (Wildman–Crippen MR) is 93.7 cm³/mol. The first-order valence-corrected chi connectivity index (χ1v) is 9.59. The minimum absolute atomic E-state index is 0.103. The van der Waals surface area contributed by atoms with Gasteiger partial charge in [0.25, 0.3) is 0 Å². The van der Waals surface area contributed by atoms with Gasteiger partial charge < -0.3 is 15.2 Å². The van der Waals surface area contributed by atoms with Gasteiger partial charge in [0.1, 0.15) is 0 Å². The van der Waals surface area contributed by atoms with Crippen molar-refractivity contribution in [2.24, 2.45) is 0 Å². The fourth-order valence-electron chi connectivity index (χ4n) is 3.17. The van der Waals surface area contributed by atoms with E-state index in [1.54, 1.807) is 0 Å². The van der Waals surface area contributed by atoms with Crippen LogP contribution in [0.5, 0.6) is 0 Å². The molecule has 1 aliphatic rings. The standard InChI is InChI=1S/C18H32N4O2/c1-2-8-16-21-18(24-22-16)12-7-11-17(23)20-14-13-19-15-9-5-3-4-6-10-15/h15,19H,2-14H2,1H3,(H,20,23). The molecular weight excluding hydrogens is 304 g/mol. The average molecular weight is 336 g/mol. The molecule has 0 atom stereocenters. The highest BCUT2D eigenvalue weighted by atomic mass is 16.5. The molecular formula is C18H32N4O2. The molecule has 6 heteroatoms. The molecule has 0 bridgehead atoms. The molecule has 2 N–H and O–H groups in total. The number of nitrogens with zero attached hydrogens (tertiary/aromatic N) is 2. The summed E-state index contributed by atoms with van der Waals surface area (Å²) in [5.41, 5.74) is 0. The molecule has 24 heavy (non-hydrogen) atoms. The van der Waals surface area contributed by atoms with E-state index in [0.717, 1.165) is 31.6 Å². The lowest BCUT2D eigenvalue weighted by Crippen LogP contribution is -2.36. The lowest BCUT2D eigenvalue weighted by atomic mass is 10.1. The Kier molecular flexibility index (Phi) is 8.81. The van der Waals surface area contributed by atoms with E-state index in [1.807, 2.05) is 0 Å². The van der Waals surface area contributed by atoms with Crippen LogP contribution in [-0.2, 0) is 17.6 Å². The van der Waals surface area contributed by atoms with Crippen LogP contribution in [-0.4, -0.2) is 35.2 Å². The smallest absolute Gasteiger partial charge is 0.226 e. The quantitative estimate of drug-likeness (QED) is 0.507. The normalized spacial score (nSPS) is 16.0. The van der Waals surface area contributed by atoms with Crippen LogP contribution in [0, 0.1) is 0 Å². The number of carbonyl (C=O) groups excluding carboxylic acids is 1. The van der Waals surface area contributed by atoms with Gasteiger partial charge >= 0.3 is 0 Å². The van der Waals surface area contributed by atoms with E-state index in [9.17, 15) is 4.79 Å². The highest BCUT2D eigenvalue weighted by molar-refractivity contribution is 5.75. The van der Waals surface area contributed by atoms with Crippen molar-refractivity contribution in [2.45, 2.75) is 83.6 Å². The van der Waals surface area contributed by atoms with Gasteiger partial charge in [0.05, 0.1) is 0 Å². The summed E-state index contributed by atoms with van der Waals surface area (Å²) in [5.74, 6) is 1.51. The summed E-state index contributed by atoms with van der Waals surface area (Å²) in [6.07, 6.45) is 11.7. The molecule has 1 saturated carbocycles. The number of amides is 1. The topological polar surface area (TPSA) is 80.0 Å². The molecule has 0 aromatic carbocycles. The number of nitrogens with one attached hydrogen (secondary N) is 2. The summed E-state index contributed by atoms with van der Waals surface area (Å²) in [5, 5.41) is 10.5. The van der Waals surface area contributed by atoms with Gasteiger partial charge in [-0.15, -0.1) is 0 Å². The van der Waals surface area contributed by atoms with Gasteiger partial charge in [-0.3, -0.25) is 4.79 Å². The van der Waals surface area contributed by atoms with Crippen molar-refractivity contribution >= 4 is 5.91 Å². The van der Waals surface area contributed by atoms with E-state index in [0.29, 0.717) is 31.3 Å². The Morgan fingerprint density at radius 1 is 1.17 bits per heavy atom. The van der Waals surface area contributed by atoms with Gasteiger partial charge in [0.2, 0.25) is 11.8 Å². The van der Waals surface area contributed by atoms with E-state index in [4.69, 9.17) is 4.52 Å². The summed E-state index contributed by atoms with van der Waals surface area (Å²) in [6.45, 7) is 3.65. The Hall–Kier alpha value is -1.43. The van der Waals surface area contributed by atoms with Crippen LogP contribution in [0.4, 0.5) is 0 Å². The van der Waals surface area contributed by atoms with Gasteiger partial charge in [-0.2, -0.15) is 4.98 Å². The zero-order valence-corrected chi connectivity index (χ0v) is 15.0. The molecule has 1 aromatic rings. The Bertz CT molecular complexity index is 467. The molecule has 6 nitrogen and oxygen atoms in total. The van der Waals surface area contributed by atoms with Crippen molar-refractivity contribution in [1.82, 2.24) is 20.8 Å². The molecule has 2 rings (SSSR count). The van der Waals surface area contributed by atoms with E-state index in [2.05, 4.69) is 27.7 Å². The molecule has 1 aliphatic carbocycles. The molecule has 1 amide bonds. The molecule has 0 aliphatic heterocycles. The Labute approximate surface area is 145 Å². The third kappa shape index (κ3) is 7.43. The van der Waals surface area contributed by atoms with Crippen LogP contribution in [0.3, 0.4) is 0 Å². The Morgan fingerprint density at radius 2 is 1.96 bits per heavy atom. The van der Waals surface area contributed by atoms with Crippen LogP contribution in [0.2, 0.25) is 0 Å². The monoisotopic (exact) mass is 336 g/mol. The van der Waals surface area contributed by atoms with Gasteiger partial charge in [0, 0.05) is 38.4 Å². The summed E-state index contributed by atoms with van der Waals surface area (Å²) >= 11 is 0. The van der Waals surface area contributed by atoms with Crippen LogP contribution in [0.1, 0.15) is 76.4 Å². The second-order valence-corrected chi connectivity index (χ2v) is 6.70. The third-order valence-electron chi connectivity index (χ3n) is 4.51.